The van der Waals surface area contributed by atoms with Crippen LogP contribution in [0.1, 0.15) is 37.8 Å². The molecule has 21 heavy (non-hydrogen) atoms. The summed E-state index contributed by atoms with van der Waals surface area (Å²) in [6, 6.07) is 2.81. The Kier molecular flexibility index (Phi) is 6.31. The summed E-state index contributed by atoms with van der Waals surface area (Å²) in [5, 5.41) is 2.91. The van der Waals surface area contributed by atoms with Gasteiger partial charge < -0.3 is 5.32 Å². The lowest BCUT2D eigenvalue weighted by atomic mass is 10.1. The monoisotopic (exact) mass is 316 g/mol. The molecule has 1 atom stereocenters. The van der Waals surface area contributed by atoms with Crippen LogP contribution in [0.5, 0.6) is 0 Å². The molecule has 4 nitrogen and oxygen atoms in total. The molecule has 0 aromatic heterocycles. The Morgan fingerprint density at radius 2 is 2.00 bits per heavy atom. The van der Waals surface area contributed by atoms with Gasteiger partial charge in [0.1, 0.15) is 5.82 Å². The van der Waals surface area contributed by atoms with Crippen molar-refractivity contribution in [2.24, 2.45) is 0 Å². The van der Waals surface area contributed by atoms with Crippen molar-refractivity contribution < 1.29 is 12.8 Å². The lowest BCUT2D eigenvalue weighted by Gasteiger charge is -2.25. The third kappa shape index (κ3) is 4.02. The van der Waals surface area contributed by atoms with Gasteiger partial charge in [-0.3, -0.25) is 0 Å². The maximum absolute atomic E-state index is 14.0. The lowest BCUT2D eigenvalue weighted by Crippen LogP contribution is -2.35. The van der Waals surface area contributed by atoms with Gasteiger partial charge in [-0.25, -0.2) is 12.8 Å². The van der Waals surface area contributed by atoms with Crippen molar-refractivity contribution >= 4 is 10.0 Å². The first-order chi connectivity index (χ1) is 9.75. The number of nitrogens with zero attached hydrogens (tertiary/aromatic N) is 1. The molecule has 0 amide bonds. The van der Waals surface area contributed by atoms with E-state index in [1.807, 2.05) is 13.8 Å². The van der Waals surface area contributed by atoms with Crippen molar-refractivity contribution in [1.82, 2.24) is 9.62 Å². The summed E-state index contributed by atoms with van der Waals surface area (Å²) >= 11 is 0. The normalized spacial score (nSPS) is 13.7. The summed E-state index contributed by atoms with van der Waals surface area (Å²) in [6.07, 6.45) is 1.67. The van der Waals surface area contributed by atoms with E-state index in [9.17, 15) is 12.8 Å². The van der Waals surface area contributed by atoms with Crippen LogP contribution in [0.3, 0.4) is 0 Å². The predicted octanol–water partition coefficient (Wildman–Crippen LogP) is 2.66. The Morgan fingerprint density at radius 1 is 1.38 bits per heavy atom. The van der Waals surface area contributed by atoms with Crippen LogP contribution in [0, 0.1) is 12.7 Å². The molecule has 0 heterocycles. The molecule has 0 fully saturated rings. The Bertz CT molecular complexity index is 588. The standard InChI is InChI=1S/C15H25FN2O2S/c1-6-7-11(2)18(5)21(19,20)15-9-13(10-17-4)8-14(16)12(15)3/h8-9,11,17H,6-7,10H2,1-5H3. The summed E-state index contributed by atoms with van der Waals surface area (Å²) in [6.45, 7) is 5.80. The number of halogens is 1. The highest BCUT2D eigenvalue weighted by Crippen LogP contribution is 2.25. The molecule has 0 saturated carbocycles. The van der Waals surface area contributed by atoms with Gasteiger partial charge >= 0.3 is 0 Å². The minimum Gasteiger partial charge on any atom is -0.316 e. The van der Waals surface area contributed by atoms with Crippen LogP contribution in [0.4, 0.5) is 4.39 Å². The fourth-order valence-electron chi connectivity index (χ4n) is 2.27. The largest absolute Gasteiger partial charge is 0.316 e. The predicted molar refractivity (Wildman–Crippen MR) is 83.2 cm³/mol. The van der Waals surface area contributed by atoms with Crippen LogP contribution in [-0.2, 0) is 16.6 Å². The molecule has 1 aromatic carbocycles. The van der Waals surface area contributed by atoms with Crippen LogP contribution in [0.2, 0.25) is 0 Å². The van der Waals surface area contributed by atoms with Crippen molar-refractivity contribution in [3.05, 3.63) is 29.1 Å². The van der Waals surface area contributed by atoms with Crippen LogP contribution in [0.15, 0.2) is 17.0 Å². The molecule has 0 bridgehead atoms. The third-order valence-electron chi connectivity index (χ3n) is 3.72. The van der Waals surface area contributed by atoms with Gasteiger partial charge in [0.05, 0.1) is 4.90 Å². The molecule has 1 N–H and O–H groups in total. The first kappa shape index (κ1) is 18.1. The fraction of sp³-hybridized carbons (Fsp3) is 0.600. The Morgan fingerprint density at radius 3 is 2.52 bits per heavy atom. The Balaban J connectivity index is 3.30. The van der Waals surface area contributed by atoms with Gasteiger partial charge in [-0.15, -0.1) is 0 Å². The minimum atomic E-state index is -3.69. The van der Waals surface area contributed by atoms with Gasteiger partial charge in [0, 0.05) is 25.2 Å². The first-order valence-corrected chi connectivity index (χ1v) is 8.61. The number of sulfonamides is 1. The van der Waals surface area contributed by atoms with Crippen molar-refractivity contribution in [2.75, 3.05) is 14.1 Å². The molecule has 1 aromatic rings. The van der Waals surface area contributed by atoms with E-state index in [1.165, 1.54) is 17.3 Å². The molecule has 0 aliphatic heterocycles. The van der Waals surface area contributed by atoms with Crippen molar-refractivity contribution in [3.8, 4) is 0 Å². The average molecular weight is 316 g/mol. The maximum Gasteiger partial charge on any atom is 0.243 e. The van der Waals surface area contributed by atoms with Crippen LogP contribution < -0.4 is 5.32 Å². The van der Waals surface area contributed by atoms with E-state index in [2.05, 4.69) is 5.32 Å². The van der Waals surface area contributed by atoms with Gasteiger partial charge in [0.2, 0.25) is 10.0 Å². The van der Waals surface area contributed by atoms with Gasteiger partial charge in [-0.1, -0.05) is 13.3 Å². The smallest absolute Gasteiger partial charge is 0.243 e. The van der Waals surface area contributed by atoms with E-state index >= 15 is 0 Å². The molecule has 6 heteroatoms. The van der Waals surface area contributed by atoms with E-state index in [1.54, 1.807) is 20.2 Å². The summed E-state index contributed by atoms with van der Waals surface area (Å²) in [7, 11) is -0.398. The second-order valence-electron chi connectivity index (χ2n) is 5.39. The maximum atomic E-state index is 14.0. The zero-order valence-corrected chi connectivity index (χ0v) is 14.2. The third-order valence-corrected chi connectivity index (χ3v) is 5.82. The van der Waals surface area contributed by atoms with E-state index in [0.717, 1.165) is 12.8 Å². The number of hydrogen-bond acceptors (Lipinski definition) is 3. The van der Waals surface area contributed by atoms with Gasteiger partial charge in [-0.2, -0.15) is 4.31 Å². The number of benzene rings is 1. The van der Waals surface area contributed by atoms with Crippen molar-refractivity contribution in [1.29, 1.82) is 0 Å². The van der Waals surface area contributed by atoms with Gasteiger partial charge in [0.15, 0.2) is 0 Å². The first-order valence-electron chi connectivity index (χ1n) is 7.17. The lowest BCUT2D eigenvalue weighted by molar-refractivity contribution is 0.368. The van der Waals surface area contributed by atoms with E-state index in [-0.39, 0.29) is 16.5 Å². The molecule has 1 rings (SSSR count). The molecular formula is C15H25FN2O2S. The van der Waals surface area contributed by atoms with E-state index in [4.69, 9.17) is 0 Å². The van der Waals surface area contributed by atoms with Gasteiger partial charge in [-0.05, 0) is 45.0 Å². The SMILES string of the molecule is CCCC(C)N(C)S(=O)(=O)c1cc(CNC)cc(F)c1C. The highest BCUT2D eigenvalue weighted by atomic mass is 32.2. The van der Waals surface area contributed by atoms with E-state index < -0.39 is 15.8 Å². The molecule has 0 saturated heterocycles. The number of nitrogens with one attached hydrogen (secondary N) is 1. The number of hydrogen-bond donors (Lipinski definition) is 1. The second kappa shape index (κ2) is 7.33. The Labute approximate surface area is 127 Å². The molecule has 0 spiro atoms. The molecule has 0 aliphatic rings. The zero-order valence-electron chi connectivity index (χ0n) is 13.4. The highest BCUT2D eigenvalue weighted by molar-refractivity contribution is 7.89. The van der Waals surface area contributed by atoms with E-state index in [0.29, 0.717) is 12.1 Å². The van der Waals surface area contributed by atoms with Crippen LogP contribution >= 0.6 is 0 Å². The van der Waals surface area contributed by atoms with Crippen molar-refractivity contribution in [2.45, 2.75) is 51.1 Å². The zero-order chi connectivity index (χ0) is 16.2. The molecule has 0 radical (unpaired) electrons. The Hall–Kier alpha value is -0.980. The number of rotatable bonds is 7. The van der Waals surface area contributed by atoms with Crippen LogP contribution in [-0.4, -0.2) is 32.9 Å². The summed E-state index contributed by atoms with van der Waals surface area (Å²) < 4.78 is 40.8. The molecule has 120 valence electrons. The fourth-order valence-corrected chi connectivity index (χ4v) is 3.95. The summed E-state index contributed by atoms with van der Waals surface area (Å²) in [5.41, 5.74) is 0.793. The van der Waals surface area contributed by atoms with Gasteiger partial charge in [0.25, 0.3) is 0 Å². The molecule has 0 aliphatic carbocycles. The summed E-state index contributed by atoms with van der Waals surface area (Å²) in [4.78, 5) is 0.0539. The highest BCUT2D eigenvalue weighted by Gasteiger charge is 2.28. The topological polar surface area (TPSA) is 49.4 Å². The van der Waals surface area contributed by atoms with Crippen molar-refractivity contribution in [3.63, 3.8) is 0 Å². The van der Waals surface area contributed by atoms with Crippen LogP contribution in [0.25, 0.3) is 0 Å². The minimum absolute atomic E-state index is 0.0539. The average Bonchev–Trinajstić information content (AvgIpc) is 2.42. The quantitative estimate of drug-likeness (QED) is 0.841. The second-order valence-corrected chi connectivity index (χ2v) is 7.36. The molecule has 1 unspecified atom stereocenters. The summed E-state index contributed by atoms with van der Waals surface area (Å²) in [5.74, 6) is -0.488. The molecular weight excluding hydrogens is 291 g/mol.